The van der Waals surface area contributed by atoms with E-state index in [0.717, 1.165) is 0 Å². The quantitative estimate of drug-likeness (QED) is 0.677. The Hall–Kier alpha value is -1.56. The molecule has 0 aliphatic heterocycles. The van der Waals surface area contributed by atoms with Gasteiger partial charge in [-0.15, -0.1) is 0 Å². The van der Waals surface area contributed by atoms with Gasteiger partial charge in [0.15, 0.2) is 0 Å². The standard InChI is InChI=1S/C13H14F3NO2/c14-13(15,16)11(17)10(8-6-7-8)12(18)19-9-4-2-1-3-5-9/h1-5,8,10-11H,6-7,17H2/t10-,11-/m1/s1. The number of esters is 1. The van der Waals surface area contributed by atoms with Gasteiger partial charge in [-0.25, -0.2) is 0 Å². The molecule has 0 radical (unpaired) electrons. The first-order chi connectivity index (χ1) is 8.89. The van der Waals surface area contributed by atoms with Gasteiger partial charge in [-0.3, -0.25) is 4.79 Å². The second-order valence-corrected chi connectivity index (χ2v) is 4.66. The lowest BCUT2D eigenvalue weighted by molar-refractivity contribution is -0.173. The number of carbonyl (C=O) groups is 1. The SMILES string of the molecule is N[C@H]([C@H](C(=O)Oc1ccccc1)C1CC1)C(F)(F)F. The summed E-state index contributed by atoms with van der Waals surface area (Å²) in [5.41, 5.74) is 5.16. The van der Waals surface area contributed by atoms with Gasteiger partial charge >= 0.3 is 12.1 Å². The Balaban J connectivity index is 2.09. The minimum Gasteiger partial charge on any atom is -0.426 e. The average Bonchev–Trinajstić information content (AvgIpc) is 3.13. The highest BCUT2D eigenvalue weighted by atomic mass is 19.4. The van der Waals surface area contributed by atoms with E-state index in [9.17, 15) is 18.0 Å². The molecule has 6 heteroatoms. The Bertz CT molecular complexity index is 443. The van der Waals surface area contributed by atoms with Crippen molar-refractivity contribution in [3.05, 3.63) is 30.3 Å². The molecule has 1 aromatic carbocycles. The normalized spacial score (nSPS) is 18.7. The third-order valence-corrected chi connectivity index (χ3v) is 3.13. The summed E-state index contributed by atoms with van der Waals surface area (Å²) in [7, 11) is 0. The predicted molar refractivity (Wildman–Crippen MR) is 62.3 cm³/mol. The van der Waals surface area contributed by atoms with Gasteiger partial charge < -0.3 is 10.5 Å². The Labute approximate surface area is 108 Å². The molecule has 2 atom stereocenters. The number of benzene rings is 1. The van der Waals surface area contributed by atoms with Gasteiger partial charge in [0.05, 0.1) is 5.92 Å². The van der Waals surface area contributed by atoms with Gasteiger partial charge in [-0.1, -0.05) is 18.2 Å². The van der Waals surface area contributed by atoms with Crippen LogP contribution in [-0.4, -0.2) is 18.2 Å². The van der Waals surface area contributed by atoms with E-state index in [4.69, 9.17) is 10.5 Å². The summed E-state index contributed by atoms with van der Waals surface area (Å²) in [6, 6.07) is 5.85. The molecule has 2 rings (SSSR count). The molecule has 1 aliphatic carbocycles. The smallest absolute Gasteiger partial charge is 0.404 e. The Morgan fingerprint density at radius 1 is 1.26 bits per heavy atom. The highest BCUT2D eigenvalue weighted by molar-refractivity contribution is 5.76. The van der Waals surface area contributed by atoms with Crippen molar-refractivity contribution in [1.29, 1.82) is 0 Å². The number of ether oxygens (including phenoxy) is 1. The summed E-state index contributed by atoms with van der Waals surface area (Å²) >= 11 is 0. The predicted octanol–water partition coefficient (Wildman–Crippen LogP) is 2.51. The number of hydrogen-bond acceptors (Lipinski definition) is 3. The number of carbonyl (C=O) groups excluding carboxylic acids is 1. The molecule has 0 bridgehead atoms. The lowest BCUT2D eigenvalue weighted by atomic mass is 9.94. The molecular formula is C13H14F3NO2. The molecule has 2 N–H and O–H groups in total. The fraction of sp³-hybridized carbons (Fsp3) is 0.462. The molecule has 1 aliphatic rings. The lowest BCUT2D eigenvalue weighted by Crippen LogP contribution is -2.49. The van der Waals surface area contributed by atoms with Crippen molar-refractivity contribution in [3.8, 4) is 5.75 Å². The maximum atomic E-state index is 12.7. The van der Waals surface area contributed by atoms with Crippen LogP contribution in [0.2, 0.25) is 0 Å². The maximum absolute atomic E-state index is 12.7. The first-order valence-electron chi connectivity index (χ1n) is 5.98. The van der Waals surface area contributed by atoms with Gasteiger partial charge in [0.25, 0.3) is 0 Å². The molecule has 1 fully saturated rings. The van der Waals surface area contributed by atoms with E-state index in [2.05, 4.69) is 0 Å². The van der Waals surface area contributed by atoms with Crippen molar-refractivity contribution in [2.45, 2.75) is 25.1 Å². The van der Waals surface area contributed by atoms with Crippen LogP contribution in [0, 0.1) is 11.8 Å². The van der Waals surface area contributed by atoms with E-state index in [0.29, 0.717) is 12.8 Å². The molecule has 1 saturated carbocycles. The molecule has 0 spiro atoms. The average molecular weight is 273 g/mol. The fourth-order valence-electron chi connectivity index (χ4n) is 1.96. The van der Waals surface area contributed by atoms with Crippen LogP contribution in [0.4, 0.5) is 13.2 Å². The van der Waals surface area contributed by atoms with Gasteiger partial charge in [0, 0.05) is 0 Å². The molecular weight excluding hydrogens is 259 g/mol. The molecule has 0 aromatic heterocycles. The van der Waals surface area contributed by atoms with E-state index in [1.54, 1.807) is 18.2 Å². The Kier molecular flexibility index (Phi) is 3.80. The molecule has 3 nitrogen and oxygen atoms in total. The van der Waals surface area contributed by atoms with Crippen LogP contribution in [0.25, 0.3) is 0 Å². The third-order valence-electron chi connectivity index (χ3n) is 3.13. The second kappa shape index (κ2) is 5.21. The van der Waals surface area contributed by atoms with Crippen molar-refractivity contribution in [2.75, 3.05) is 0 Å². The summed E-state index contributed by atoms with van der Waals surface area (Å²) in [5, 5.41) is 0. The van der Waals surface area contributed by atoms with E-state index in [1.165, 1.54) is 12.1 Å². The van der Waals surface area contributed by atoms with Crippen LogP contribution in [0.1, 0.15) is 12.8 Å². The number of hydrogen-bond donors (Lipinski definition) is 1. The number of alkyl halides is 3. The van der Waals surface area contributed by atoms with Crippen LogP contribution in [0.5, 0.6) is 5.75 Å². The first-order valence-corrected chi connectivity index (χ1v) is 5.98. The van der Waals surface area contributed by atoms with Gasteiger partial charge in [-0.05, 0) is 30.9 Å². The van der Waals surface area contributed by atoms with Gasteiger partial charge in [0.2, 0.25) is 0 Å². The second-order valence-electron chi connectivity index (χ2n) is 4.66. The molecule has 0 unspecified atom stereocenters. The number of nitrogens with two attached hydrogens (primary N) is 1. The van der Waals surface area contributed by atoms with Crippen molar-refractivity contribution in [1.82, 2.24) is 0 Å². The van der Waals surface area contributed by atoms with Crippen molar-refractivity contribution >= 4 is 5.97 Å². The highest BCUT2D eigenvalue weighted by Crippen LogP contribution is 2.42. The summed E-state index contributed by atoms with van der Waals surface area (Å²) in [6.45, 7) is 0. The minimum absolute atomic E-state index is 0.229. The topological polar surface area (TPSA) is 52.3 Å². The summed E-state index contributed by atoms with van der Waals surface area (Å²) in [6.07, 6.45) is -3.43. The van der Waals surface area contributed by atoms with Crippen LogP contribution in [-0.2, 0) is 4.79 Å². The van der Waals surface area contributed by atoms with Crippen LogP contribution in [0.15, 0.2) is 30.3 Å². The maximum Gasteiger partial charge on any atom is 0.404 e. The lowest BCUT2D eigenvalue weighted by Gasteiger charge is -2.24. The molecule has 0 heterocycles. The van der Waals surface area contributed by atoms with E-state index >= 15 is 0 Å². The summed E-state index contributed by atoms with van der Waals surface area (Å²) in [4.78, 5) is 11.9. The van der Waals surface area contributed by atoms with Crippen LogP contribution in [0.3, 0.4) is 0 Å². The van der Waals surface area contributed by atoms with E-state index in [1.807, 2.05) is 0 Å². The highest BCUT2D eigenvalue weighted by Gasteiger charge is 2.51. The zero-order valence-electron chi connectivity index (χ0n) is 10.1. The van der Waals surface area contributed by atoms with Crippen LogP contribution >= 0.6 is 0 Å². The summed E-state index contributed by atoms with van der Waals surface area (Å²) in [5.74, 6) is -2.32. The number of para-hydroxylation sites is 1. The number of halogens is 3. The van der Waals surface area contributed by atoms with Gasteiger partial charge in [-0.2, -0.15) is 13.2 Å². The van der Waals surface area contributed by atoms with E-state index in [-0.39, 0.29) is 11.7 Å². The fourth-order valence-corrected chi connectivity index (χ4v) is 1.96. The zero-order valence-corrected chi connectivity index (χ0v) is 10.1. The molecule has 104 valence electrons. The van der Waals surface area contributed by atoms with Crippen LogP contribution < -0.4 is 10.5 Å². The first kappa shape index (κ1) is 13.9. The van der Waals surface area contributed by atoms with E-state index < -0.39 is 24.1 Å². The molecule has 0 amide bonds. The Morgan fingerprint density at radius 2 is 1.84 bits per heavy atom. The van der Waals surface area contributed by atoms with Crippen molar-refractivity contribution in [3.63, 3.8) is 0 Å². The minimum atomic E-state index is -4.59. The largest absolute Gasteiger partial charge is 0.426 e. The Morgan fingerprint density at radius 3 is 2.32 bits per heavy atom. The van der Waals surface area contributed by atoms with Crippen molar-refractivity contribution in [2.24, 2.45) is 17.6 Å². The van der Waals surface area contributed by atoms with Gasteiger partial charge in [0.1, 0.15) is 11.8 Å². The zero-order chi connectivity index (χ0) is 14.0. The number of rotatable bonds is 4. The molecule has 0 saturated heterocycles. The summed E-state index contributed by atoms with van der Waals surface area (Å²) < 4.78 is 42.9. The molecule has 1 aromatic rings. The third kappa shape index (κ3) is 3.47. The molecule has 19 heavy (non-hydrogen) atoms. The van der Waals surface area contributed by atoms with Crippen molar-refractivity contribution < 1.29 is 22.7 Å². The monoisotopic (exact) mass is 273 g/mol.